The number of halogens is 3. The lowest BCUT2D eigenvalue weighted by molar-refractivity contribution is -0.141. The molecule has 2 aromatic heterocycles. The first-order chi connectivity index (χ1) is 12.8. The molecule has 9 heteroatoms. The van der Waals surface area contributed by atoms with Crippen LogP contribution in [0.1, 0.15) is 30.0 Å². The molecular weight excluding hydrogens is 377 g/mol. The zero-order valence-corrected chi connectivity index (χ0v) is 14.8. The van der Waals surface area contributed by atoms with Gasteiger partial charge in [0.05, 0.1) is 4.88 Å². The number of hydrogen-bond donors (Lipinski definition) is 2. The van der Waals surface area contributed by atoms with Crippen LogP contribution in [0.5, 0.6) is 0 Å². The standard InChI is InChI=1S/C18H15F3N4OS/c19-18(20,21)14-5-8-22-16(25-14)24-12-4-1-3-11(9-12)13-10-23-15(27-13)17(26)6-2-7-17/h1,3-5,8-10,26H,2,6-7H2,(H,22,24,25). The van der Waals surface area contributed by atoms with E-state index in [4.69, 9.17) is 0 Å². The van der Waals surface area contributed by atoms with Crippen molar-refractivity contribution in [3.63, 3.8) is 0 Å². The third-order valence-corrected chi connectivity index (χ3v) is 5.67. The van der Waals surface area contributed by atoms with Crippen LogP contribution in [0.2, 0.25) is 0 Å². The van der Waals surface area contributed by atoms with Crippen LogP contribution in [0.4, 0.5) is 24.8 Å². The summed E-state index contributed by atoms with van der Waals surface area (Å²) in [5.41, 5.74) is -0.412. The van der Waals surface area contributed by atoms with Crippen LogP contribution in [0, 0.1) is 0 Å². The molecule has 1 aliphatic carbocycles. The quantitative estimate of drug-likeness (QED) is 0.671. The minimum absolute atomic E-state index is 0.129. The summed E-state index contributed by atoms with van der Waals surface area (Å²) in [6, 6.07) is 7.98. The molecule has 0 aliphatic heterocycles. The lowest BCUT2D eigenvalue weighted by Crippen LogP contribution is -2.33. The van der Waals surface area contributed by atoms with Crippen molar-refractivity contribution in [2.24, 2.45) is 0 Å². The normalized spacial score (nSPS) is 16.0. The van der Waals surface area contributed by atoms with Gasteiger partial charge in [-0.3, -0.25) is 0 Å². The van der Waals surface area contributed by atoms with Crippen LogP contribution >= 0.6 is 11.3 Å². The van der Waals surface area contributed by atoms with Gasteiger partial charge < -0.3 is 10.4 Å². The average Bonchev–Trinajstić information content (AvgIpc) is 3.10. The first-order valence-electron chi connectivity index (χ1n) is 8.30. The van der Waals surface area contributed by atoms with Crippen molar-refractivity contribution >= 4 is 23.0 Å². The minimum atomic E-state index is -4.53. The van der Waals surface area contributed by atoms with E-state index >= 15 is 0 Å². The highest BCUT2D eigenvalue weighted by atomic mass is 32.1. The second-order valence-corrected chi connectivity index (χ2v) is 7.41. The molecular formula is C18H15F3N4OS. The molecule has 1 aromatic carbocycles. The molecule has 1 aliphatic rings. The minimum Gasteiger partial charge on any atom is -0.383 e. The largest absolute Gasteiger partial charge is 0.433 e. The molecule has 1 fully saturated rings. The molecule has 0 spiro atoms. The number of aromatic nitrogens is 3. The van der Waals surface area contributed by atoms with Crippen LogP contribution in [0.25, 0.3) is 10.4 Å². The lowest BCUT2D eigenvalue weighted by Gasteiger charge is -2.34. The monoisotopic (exact) mass is 392 g/mol. The number of aliphatic hydroxyl groups is 1. The van der Waals surface area contributed by atoms with Gasteiger partial charge in [-0.15, -0.1) is 11.3 Å². The Labute approximate surface area is 157 Å². The maximum Gasteiger partial charge on any atom is 0.433 e. The third-order valence-electron chi connectivity index (χ3n) is 4.43. The molecule has 3 aromatic rings. The molecule has 140 valence electrons. The summed E-state index contributed by atoms with van der Waals surface area (Å²) in [5, 5.41) is 13.9. The topological polar surface area (TPSA) is 70.9 Å². The van der Waals surface area contributed by atoms with Crippen LogP contribution < -0.4 is 5.32 Å². The summed E-state index contributed by atoms with van der Waals surface area (Å²) in [4.78, 5) is 12.6. The number of benzene rings is 1. The summed E-state index contributed by atoms with van der Waals surface area (Å²) in [5.74, 6) is -0.129. The first-order valence-corrected chi connectivity index (χ1v) is 9.12. The maximum atomic E-state index is 12.8. The van der Waals surface area contributed by atoms with Crippen molar-refractivity contribution in [2.45, 2.75) is 31.0 Å². The number of nitrogens with zero attached hydrogens (tertiary/aromatic N) is 3. The molecule has 4 rings (SSSR count). The third kappa shape index (κ3) is 3.65. The highest BCUT2D eigenvalue weighted by Crippen LogP contribution is 2.44. The summed E-state index contributed by atoms with van der Waals surface area (Å²) >= 11 is 1.42. The van der Waals surface area contributed by atoms with Gasteiger partial charge in [-0.1, -0.05) is 12.1 Å². The van der Waals surface area contributed by atoms with Crippen molar-refractivity contribution < 1.29 is 18.3 Å². The van der Waals surface area contributed by atoms with Crippen LogP contribution in [0.15, 0.2) is 42.7 Å². The average molecular weight is 392 g/mol. The van der Waals surface area contributed by atoms with E-state index in [2.05, 4.69) is 20.3 Å². The number of anilines is 2. The predicted octanol–water partition coefficient (Wildman–Crippen LogP) is 4.73. The number of alkyl halides is 3. The highest BCUT2D eigenvalue weighted by Gasteiger charge is 2.39. The van der Waals surface area contributed by atoms with Gasteiger partial charge in [-0.25, -0.2) is 15.0 Å². The first kappa shape index (κ1) is 17.9. The lowest BCUT2D eigenvalue weighted by atomic mass is 9.81. The van der Waals surface area contributed by atoms with Crippen molar-refractivity contribution in [1.82, 2.24) is 15.0 Å². The van der Waals surface area contributed by atoms with Gasteiger partial charge in [0, 0.05) is 18.1 Å². The maximum absolute atomic E-state index is 12.8. The van der Waals surface area contributed by atoms with E-state index in [9.17, 15) is 18.3 Å². The molecule has 0 unspecified atom stereocenters. The molecule has 5 nitrogen and oxygen atoms in total. The van der Waals surface area contributed by atoms with Crippen molar-refractivity contribution in [3.8, 4) is 10.4 Å². The van der Waals surface area contributed by atoms with E-state index in [1.54, 1.807) is 24.4 Å². The highest BCUT2D eigenvalue weighted by molar-refractivity contribution is 7.15. The van der Waals surface area contributed by atoms with Crippen LogP contribution in [-0.4, -0.2) is 20.1 Å². The number of thiazole rings is 1. The van der Waals surface area contributed by atoms with E-state index < -0.39 is 17.5 Å². The van der Waals surface area contributed by atoms with Crippen molar-refractivity contribution in [3.05, 3.63) is 53.4 Å². The fourth-order valence-corrected chi connectivity index (χ4v) is 3.86. The van der Waals surface area contributed by atoms with Gasteiger partial charge in [-0.2, -0.15) is 13.2 Å². The SMILES string of the molecule is OC1(c2ncc(-c3cccc(Nc4nccc(C(F)(F)F)n4)c3)s2)CCC1. The zero-order chi connectivity index (χ0) is 19.1. The molecule has 0 amide bonds. The molecule has 2 heterocycles. The molecule has 27 heavy (non-hydrogen) atoms. The van der Waals surface area contributed by atoms with E-state index in [1.165, 1.54) is 11.3 Å². The Kier molecular flexibility index (Phi) is 4.35. The Morgan fingerprint density at radius 2 is 1.96 bits per heavy atom. The predicted molar refractivity (Wildman–Crippen MR) is 95.6 cm³/mol. The zero-order valence-electron chi connectivity index (χ0n) is 14.0. The van der Waals surface area contributed by atoms with Gasteiger partial charge in [0.1, 0.15) is 16.3 Å². The molecule has 0 atom stereocenters. The van der Waals surface area contributed by atoms with E-state index in [1.807, 2.05) is 6.07 Å². The van der Waals surface area contributed by atoms with E-state index in [0.29, 0.717) is 23.5 Å². The Bertz CT molecular complexity index is 969. The van der Waals surface area contributed by atoms with E-state index in [-0.39, 0.29) is 5.95 Å². The van der Waals surface area contributed by atoms with Gasteiger partial charge >= 0.3 is 6.18 Å². The van der Waals surface area contributed by atoms with Gasteiger partial charge in [-0.05, 0) is 43.0 Å². The fourth-order valence-electron chi connectivity index (χ4n) is 2.80. The summed E-state index contributed by atoms with van der Waals surface area (Å²) in [6.07, 6.45) is 0.666. The van der Waals surface area contributed by atoms with Gasteiger partial charge in [0.25, 0.3) is 0 Å². The summed E-state index contributed by atoms with van der Waals surface area (Å²) < 4.78 is 38.3. The Morgan fingerprint density at radius 1 is 1.15 bits per heavy atom. The molecule has 0 bridgehead atoms. The van der Waals surface area contributed by atoms with Gasteiger partial charge in [0.2, 0.25) is 5.95 Å². The Morgan fingerprint density at radius 3 is 2.67 bits per heavy atom. The smallest absolute Gasteiger partial charge is 0.383 e. The van der Waals surface area contributed by atoms with E-state index in [0.717, 1.165) is 29.1 Å². The molecule has 2 N–H and O–H groups in total. The summed E-state index contributed by atoms with van der Waals surface area (Å²) in [6.45, 7) is 0. The fraction of sp³-hybridized carbons (Fsp3) is 0.278. The second-order valence-electron chi connectivity index (χ2n) is 6.38. The Balaban J connectivity index is 1.57. The van der Waals surface area contributed by atoms with Crippen LogP contribution in [-0.2, 0) is 11.8 Å². The Hall–Kier alpha value is -2.52. The molecule has 0 radical (unpaired) electrons. The number of hydrogen-bond acceptors (Lipinski definition) is 6. The summed E-state index contributed by atoms with van der Waals surface area (Å²) in [7, 11) is 0. The number of rotatable bonds is 4. The van der Waals surface area contributed by atoms with Crippen LogP contribution in [0.3, 0.4) is 0 Å². The molecule has 0 saturated heterocycles. The van der Waals surface area contributed by atoms with Gasteiger partial charge in [0.15, 0.2) is 0 Å². The van der Waals surface area contributed by atoms with Crippen molar-refractivity contribution in [2.75, 3.05) is 5.32 Å². The molecule has 1 saturated carbocycles. The number of nitrogens with one attached hydrogen (secondary N) is 1. The second kappa shape index (κ2) is 6.58. The van der Waals surface area contributed by atoms with Crippen molar-refractivity contribution in [1.29, 1.82) is 0 Å².